The summed E-state index contributed by atoms with van der Waals surface area (Å²) in [6.45, 7) is 1.55. The topological polar surface area (TPSA) is 74.0 Å². The number of nitrogens with two attached hydrogens (primary N) is 1. The molecule has 2 rings (SSSR count). The Kier molecular flexibility index (Phi) is 4.90. The van der Waals surface area contributed by atoms with Crippen molar-refractivity contribution in [3.8, 4) is 11.5 Å². The van der Waals surface area contributed by atoms with Crippen LogP contribution in [0.3, 0.4) is 0 Å². The van der Waals surface area contributed by atoms with Gasteiger partial charge in [0.25, 0.3) is 0 Å². The van der Waals surface area contributed by atoms with Crippen LogP contribution in [0.4, 0.5) is 5.69 Å². The maximum atomic E-state index is 11.5. The molecule has 1 saturated heterocycles. The van der Waals surface area contributed by atoms with Crippen LogP contribution in [-0.2, 0) is 9.53 Å². The molecular formula is C15H22N2O4. The lowest BCUT2D eigenvalue weighted by atomic mass is 10.0. The van der Waals surface area contributed by atoms with Gasteiger partial charge in [-0.3, -0.25) is 4.79 Å². The molecule has 6 nitrogen and oxygen atoms in total. The summed E-state index contributed by atoms with van der Waals surface area (Å²) >= 11 is 0. The van der Waals surface area contributed by atoms with Gasteiger partial charge in [0.05, 0.1) is 21.3 Å². The number of nitrogens with zero attached hydrogens (tertiary/aromatic N) is 1. The Balaban J connectivity index is 2.12. The third-order valence-corrected chi connectivity index (χ3v) is 3.91. The summed E-state index contributed by atoms with van der Waals surface area (Å²) in [6.07, 6.45) is 0.857. The molecule has 2 atom stereocenters. The first-order valence-electron chi connectivity index (χ1n) is 6.90. The fourth-order valence-corrected chi connectivity index (χ4v) is 2.62. The SMILES string of the molecule is COC(=O)C(N)C1CCN(c2cc(OC)cc(OC)c2)C1. The molecule has 0 amide bonds. The number of methoxy groups -OCH3 is 3. The van der Waals surface area contributed by atoms with Crippen LogP contribution in [0.15, 0.2) is 18.2 Å². The minimum atomic E-state index is -0.576. The number of hydrogen-bond donors (Lipinski definition) is 1. The van der Waals surface area contributed by atoms with E-state index in [1.165, 1.54) is 7.11 Å². The smallest absolute Gasteiger partial charge is 0.322 e. The zero-order chi connectivity index (χ0) is 15.4. The van der Waals surface area contributed by atoms with Gasteiger partial charge in [0.2, 0.25) is 0 Å². The Morgan fingerprint density at radius 3 is 2.38 bits per heavy atom. The van der Waals surface area contributed by atoms with Crippen LogP contribution >= 0.6 is 0 Å². The second kappa shape index (κ2) is 6.67. The molecule has 0 radical (unpaired) electrons. The molecule has 0 aliphatic carbocycles. The lowest BCUT2D eigenvalue weighted by Crippen LogP contribution is -2.40. The number of hydrogen-bond acceptors (Lipinski definition) is 6. The van der Waals surface area contributed by atoms with Gasteiger partial charge in [-0.15, -0.1) is 0 Å². The van der Waals surface area contributed by atoms with Crippen molar-refractivity contribution < 1.29 is 19.0 Å². The highest BCUT2D eigenvalue weighted by molar-refractivity contribution is 5.76. The van der Waals surface area contributed by atoms with Crippen molar-refractivity contribution in [2.45, 2.75) is 12.5 Å². The van der Waals surface area contributed by atoms with Crippen molar-refractivity contribution >= 4 is 11.7 Å². The van der Waals surface area contributed by atoms with Gasteiger partial charge in [0.1, 0.15) is 17.5 Å². The Bertz CT molecular complexity index is 484. The van der Waals surface area contributed by atoms with Gasteiger partial charge in [-0.1, -0.05) is 0 Å². The third-order valence-electron chi connectivity index (χ3n) is 3.91. The highest BCUT2D eigenvalue weighted by Crippen LogP contribution is 2.32. The van der Waals surface area contributed by atoms with E-state index in [1.807, 2.05) is 18.2 Å². The molecule has 1 heterocycles. The number of benzene rings is 1. The second-order valence-corrected chi connectivity index (χ2v) is 5.11. The number of carbonyl (C=O) groups excluding carboxylic acids is 1. The summed E-state index contributed by atoms with van der Waals surface area (Å²) in [5.41, 5.74) is 6.94. The molecule has 1 aromatic rings. The van der Waals surface area contributed by atoms with Gasteiger partial charge in [-0.25, -0.2) is 0 Å². The van der Waals surface area contributed by atoms with Crippen molar-refractivity contribution in [1.29, 1.82) is 0 Å². The van der Waals surface area contributed by atoms with Crippen LogP contribution in [-0.4, -0.2) is 46.4 Å². The molecule has 21 heavy (non-hydrogen) atoms. The molecular weight excluding hydrogens is 272 g/mol. The highest BCUT2D eigenvalue weighted by Gasteiger charge is 2.32. The third kappa shape index (κ3) is 3.39. The molecule has 1 aliphatic heterocycles. The molecule has 2 N–H and O–H groups in total. The van der Waals surface area contributed by atoms with Gasteiger partial charge in [-0.2, -0.15) is 0 Å². The predicted octanol–water partition coefficient (Wildman–Crippen LogP) is 1.03. The van der Waals surface area contributed by atoms with Gasteiger partial charge >= 0.3 is 5.97 Å². The van der Waals surface area contributed by atoms with Crippen LogP contribution in [0.25, 0.3) is 0 Å². The predicted molar refractivity (Wildman–Crippen MR) is 79.9 cm³/mol. The van der Waals surface area contributed by atoms with Crippen molar-refractivity contribution in [1.82, 2.24) is 0 Å². The summed E-state index contributed by atoms with van der Waals surface area (Å²) in [5, 5.41) is 0. The Morgan fingerprint density at radius 1 is 1.24 bits per heavy atom. The van der Waals surface area contributed by atoms with Crippen LogP contribution in [0, 0.1) is 5.92 Å². The van der Waals surface area contributed by atoms with Gasteiger partial charge < -0.3 is 24.8 Å². The Labute approximate surface area is 124 Å². The molecule has 1 aliphatic rings. The van der Waals surface area contributed by atoms with E-state index in [9.17, 15) is 4.79 Å². The van der Waals surface area contributed by atoms with Crippen molar-refractivity contribution in [3.05, 3.63) is 18.2 Å². The first-order valence-corrected chi connectivity index (χ1v) is 6.90. The zero-order valence-electron chi connectivity index (χ0n) is 12.7. The fourth-order valence-electron chi connectivity index (χ4n) is 2.62. The molecule has 0 saturated carbocycles. The van der Waals surface area contributed by atoms with E-state index in [1.54, 1.807) is 14.2 Å². The largest absolute Gasteiger partial charge is 0.497 e. The monoisotopic (exact) mass is 294 g/mol. The standard InChI is InChI=1S/C15H22N2O4/c1-19-12-6-11(7-13(8-12)20-2)17-5-4-10(9-17)14(16)15(18)21-3/h6-8,10,14H,4-5,9,16H2,1-3H3. The van der Waals surface area contributed by atoms with E-state index in [0.29, 0.717) is 6.54 Å². The highest BCUT2D eigenvalue weighted by atomic mass is 16.5. The van der Waals surface area contributed by atoms with E-state index < -0.39 is 6.04 Å². The van der Waals surface area contributed by atoms with Crippen LogP contribution in [0.1, 0.15) is 6.42 Å². The lowest BCUT2D eigenvalue weighted by molar-refractivity contribution is -0.143. The summed E-state index contributed by atoms with van der Waals surface area (Å²) < 4.78 is 15.3. The Hall–Kier alpha value is -1.95. The average molecular weight is 294 g/mol. The van der Waals surface area contributed by atoms with Gasteiger partial charge in [0.15, 0.2) is 0 Å². The maximum absolute atomic E-state index is 11.5. The average Bonchev–Trinajstić information content (AvgIpc) is 3.02. The molecule has 6 heteroatoms. The number of anilines is 1. The second-order valence-electron chi connectivity index (χ2n) is 5.11. The van der Waals surface area contributed by atoms with Crippen molar-refractivity contribution in [2.24, 2.45) is 11.7 Å². The van der Waals surface area contributed by atoms with E-state index in [0.717, 1.165) is 30.2 Å². The molecule has 0 bridgehead atoms. The minimum absolute atomic E-state index is 0.0923. The summed E-state index contributed by atoms with van der Waals surface area (Å²) in [7, 11) is 4.61. The number of rotatable bonds is 5. The Morgan fingerprint density at radius 2 is 1.86 bits per heavy atom. The van der Waals surface area contributed by atoms with Gasteiger partial charge in [0, 0.05) is 42.9 Å². The van der Waals surface area contributed by atoms with E-state index in [-0.39, 0.29) is 11.9 Å². The van der Waals surface area contributed by atoms with Crippen molar-refractivity contribution in [2.75, 3.05) is 39.3 Å². The van der Waals surface area contributed by atoms with Crippen molar-refractivity contribution in [3.63, 3.8) is 0 Å². The zero-order valence-corrected chi connectivity index (χ0v) is 12.7. The molecule has 116 valence electrons. The summed E-state index contributed by atoms with van der Waals surface area (Å²) in [5.74, 6) is 1.22. The quantitative estimate of drug-likeness (QED) is 0.818. The number of esters is 1. The van der Waals surface area contributed by atoms with Crippen LogP contribution in [0.2, 0.25) is 0 Å². The van der Waals surface area contributed by atoms with E-state index >= 15 is 0 Å². The van der Waals surface area contributed by atoms with Crippen LogP contribution in [0.5, 0.6) is 11.5 Å². The van der Waals surface area contributed by atoms with Gasteiger partial charge in [-0.05, 0) is 6.42 Å². The molecule has 0 spiro atoms. The summed E-state index contributed by atoms with van der Waals surface area (Å²) in [6, 6.07) is 5.16. The first kappa shape index (κ1) is 15.4. The van der Waals surface area contributed by atoms with Crippen LogP contribution < -0.4 is 20.1 Å². The lowest BCUT2D eigenvalue weighted by Gasteiger charge is -2.21. The normalized spacial score (nSPS) is 19.2. The molecule has 0 aromatic heterocycles. The first-order chi connectivity index (χ1) is 10.1. The van der Waals surface area contributed by atoms with E-state index in [4.69, 9.17) is 19.9 Å². The molecule has 1 fully saturated rings. The fraction of sp³-hybridized carbons (Fsp3) is 0.533. The van der Waals surface area contributed by atoms with E-state index in [2.05, 4.69) is 4.90 Å². The number of carbonyl (C=O) groups is 1. The molecule has 1 aromatic carbocycles. The molecule has 2 unspecified atom stereocenters. The number of ether oxygens (including phenoxy) is 3. The summed E-state index contributed by atoms with van der Waals surface area (Å²) in [4.78, 5) is 13.7. The maximum Gasteiger partial charge on any atom is 0.322 e. The minimum Gasteiger partial charge on any atom is -0.497 e.